The Bertz CT molecular complexity index is 578. The van der Waals surface area contributed by atoms with Gasteiger partial charge in [0.2, 0.25) is 0 Å². The van der Waals surface area contributed by atoms with Crippen LogP contribution in [0.1, 0.15) is 11.1 Å². The van der Waals surface area contributed by atoms with Crippen molar-refractivity contribution in [2.24, 2.45) is 0 Å². The fourth-order valence-electron chi connectivity index (χ4n) is 1.85. The van der Waals surface area contributed by atoms with E-state index in [0.717, 1.165) is 17.7 Å². The number of hydrogen-bond acceptors (Lipinski definition) is 1. The van der Waals surface area contributed by atoms with Crippen molar-refractivity contribution in [1.82, 2.24) is 0 Å². The van der Waals surface area contributed by atoms with E-state index in [-0.39, 0.29) is 5.82 Å². The van der Waals surface area contributed by atoms with E-state index < -0.39 is 11.7 Å². The molecule has 0 unspecified atom stereocenters. The Kier molecular flexibility index (Phi) is 4.27. The molecule has 1 N–H and O–H groups in total. The van der Waals surface area contributed by atoms with Gasteiger partial charge >= 0.3 is 6.18 Å². The molecule has 5 heteroatoms. The molecule has 0 heterocycles. The molecule has 0 spiro atoms. The van der Waals surface area contributed by atoms with Crippen LogP contribution in [0.5, 0.6) is 0 Å². The lowest BCUT2D eigenvalue weighted by Gasteiger charge is -2.10. The molecule has 0 aromatic heterocycles. The summed E-state index contributed by atoms with van der Waals surface area (Å²) < 4.78 is 50.5. The second-order valence-electron chi connectivity index (χ2n) is 4.39. The quantitative estimate of drug-likeness (QED) is 0.815. The van der Waals surface area contributed by atoms with Gasteiger partial charge < -0.3 is 5.32 Å². The van der Waals surface area contributed by atoms with Crippen LogP contribution in [0, 0.1) is 5.82 Å². The first kappa shape index (κ1) is 14.4. The van der Waals surface area contributed by atoms with Crippen LogP contribution in [-0.2, 0) is 12.6 Å². The zero-order valence-corrected chi connectivity index (χ0v) is 10.5. The summed E-state index contributed by atoms with van der Waals surface area (Å²) in [5, 5.41) is 2.90. The van der Waals surface area contributed by atoms with Crippen LogP contribution in [0.4, 0.5) is 23.2 Å². The van der Waals surface area contributed by atoms with Crippen LogP contribution in [0.2, 0.25) is 0 Å². The number of halogens is 4. The van der Waals surface area contributed by atoms with E-state index in [1.54, 1.807) is 18.2 Å². The Balaban J connectivity index is 1.94. The normalized spacial score (nSPS) is 11.4. The highest BCUT2D eigenvalue weighted by molar-refractivity contribution is 5.46. The first-order valence-corrected chi connectivity index (χ1v) is 6.11. The van der Waals surface area contributed by atoms with Crippen LogP contribution in [-0.4, -0.2) is 6.54 Å². The third-order valence-corrected chi connectivity index (χ3v) is 2.82. The van der Waals surface area contributed by atoms with Crippen molar-refractivity contribution in [3.8, 4) is 0 Å². The predicted octanol–water partition coefficient (Wildman–Crippen LogP) is 4.50. The molecular formula is C15H13F4N. The lowest BCUT2D eigenvalue weighted by molar-refractivity contribution is -0.137. The number of hydrogen-bond donors (Lipinski definition) is 1. The summed E-state index contributed by atoms with van der Waals surface area (Å²) in [6.07, 6.45) is -3.81. The molecule has 0 radical (unpaired) electrons. The number of rotatable bonds is 4. The largest absolute Gasteiger partial charge is 0.416 e. The molecule has 20 heavy (non-hydrogen) atoms. The number of alkyl halides is 3. The SMILES string of the molecule is Fc1cccc(CCNc2cccc(C(F)(F)F)c2)c1. The van der Waals surface area contributed by atoms with Gasteiger partial charge in [-0.1, -0.05) is 18.2 Å². The summed E-state index contributed by atoms with van der Waals surface area (Å²) in [7, 11) is 0. The molecule has 0 fully saturated rings. The third-order valence-electron chi connectivity index (χ3n) is 2.82. The standard InChI is InChI=1S/C15H13F4N/c16-13-5-1-3-11(9-13)7-8-20-14-6-2-4-12(10-14)15(17,18)19/h1-6,9-10,20H,7-8H2. The van der Waals surface area contributed by atoms with E-state index in [4.69, 9.17) is 0 Å². The summed E-state index contributed by atoms with van der Waals surface area (Å²) in [4.78, 5) is 0. The summed E-state index contributed by atoms with van der Waals surface area (Å²) in [5.41, 5.74) is 0.508. The van der Waals surface area contributed by atoms with E-state index >= 15 is 0 Å². The summed E-state index contributed by atoms with van der Waals surface area (Å²) in [6.45, 7) is 0.435. The molecule has 0 atom stereocenters. The second-order valence-corrected chi connectivity index (χ2v) is 4.39. The smallest absolute Gasteiger partial charge is 0.385 e. The van der Waals surface area contributed by atoms with Gasteiger partial charge in [0.15, 0.2) is 0 Å². The van der Waals surface area contributed by atoms with Gasteiger partial charge in [-0.15, -0.1) is 0 Å². The maximum Gasteiger partial charge on any atom is 0.416 e. The second kappa shape index (κ2) is 5.94. The van der Waals surface area contributed by atoms with Gasteiger partial charge in [0.25, 0.3) is 0 Å². The van der Waals surface area contributed by atoms with E-state index in [0.29, 0.717) is 18.7 Å². The van der Waals surface area contributed by atoms with Crippen molar-refractivity contribution in [2.75, 3.05) is 11.9 Å². The molecule has 0 aliphatic heterocycles. The Morgan fingerprint density at radius 2 is 1.70 bits per heavy atom. The summed E-state index contributed by atoms with van der Waals surface area (Å²) in [5.74, 6) is -0.318. The topological polar surface area (TPSA) is 12.0 Å². The fourth-order valence-corrected chi connectivity index (χ4v) is 1.85. The highest BCUT2D eigenvalue weighted by atomic mass is 19.4. The minimum absolute atomic E-state index is 0.318. The highest BCUT2D eigenvalue weighted by Gasteiger charge is 2.30. The fraction of sp³-hybridized carbons (Fsp3) is 0.200. The molecule has 2 aromatic carbocycles. The van der Waals surface area contributed by atoms with Crippen molar-refractivity contribution in [3.05, 3.63) is 65.5 Å². The van der Waals surface area contributed by atoms with Gasteiger partial charge in [-0.3, -0.25) is 0 Å². The zero-order valence-electron chi connectivity index (χ0n) is 10.5. The Morgan fingerprint density at radius 3 is 2.40 bits per heavy atom. The minimum Gasteiger partial charge on any atom is -0.385 e. The molecule has 106 valence electrons. The molecule has 2 rings (SSSR count). The molecule has 0 aliphatic carbocycles. The molecular weight excluding hydrogens is 270 g/mol. The lowest BCUT2D eigenvalue weighted by Crippen LogP contribution is -2.08. The third kappa shape index (κ3) is 3.98. The van der Waals surface area contributed by atoms with Gasteiger partial charge in [-0.2, -0.15) is 13.2 Å². The van der Waals surface area contributed by atoms with Gasteiger partial charge in [0, 0.05) is 12.2 Å². The Labute approximate surface area is 114 Å². The highest BCUT2D eigenvalue weighted by Crippen LogP contribution is 2.30. The van der Waals surface area contributed by atoms with Crippen LogP contribution in [0.25, 0.3) is 0 Å². The number of benzene rings is 2. The average Bonchev–Trinajstić information content (AvgIpc) is 2.38. The van der Waals surface area contributed by atoms with Gasteiger partial charge in [0.05, 0.1) is 5.56 Å². The van der Waals surface area contributed by atoms with Crippen molar-refractivity contribution in [2.45, 2.75) is 12.6 Å². The summed E-state index contributed by atoms with van der Waals surface area (Å²) >= 11 is 0. The van der Waals surface area contributed by atoms with E-state index in [9.17, 15) is 17.6 Å². The average molecular weight is 283 g/mol. The molecule has 1 nitrogen and oxygen atoms in total. The number of anilines is 1. The Hall–Kier alpha value is -2.04. The lowest BCUT2D eigenvalue weighted by atomic mass is 10.1. The van der Waals surface area contributed by atoms with Crippen molar-refractivity contribution in [3.63, 3.8) is 0 Å². The molecule has 0 bridgehead atoms. The molecule has 0 saturated heterocycles. The van der Waals surface area contributed by atoms with Crippen LogP contribution < -0.4 is 5.32 Å². The van der Waals surface area contributed by atoms with E-state index in [2.05, 4.69) is 5.32 Å². The molecule has 0 aliphatic rings. The van der Waals surface area contributed by atoms with Gasteiger partial charge in [-0.25, -0.2) is 4.39 Å². The van der Waals surface area contributed by atoms with E-state index in [1.165, 1.54) is 18.2 Å². The van der Waals surface area contributed by atoms with Crippen LogP contribution in [0.15, 0.2) is 48.5 Å². The van der Waals surface area contributed by atoms with Crippen molar-refractivity contribution < 1.29 is 17.6 Å². The van der Waals surface area contributed by atoms with Crippen LogP contribution in [0.3, 0.4) is 0 Å². The van der Waals surface area contributed by atoms with Crippen molar-refractivity contribution in [1.29, 1.82) is 0 Å². The summed E-state index contributed by atoms with van der Waals surface area (Å²) in [6, 6.07) is 11.2. The maximum atomic E-state index is 13.0. The molecule has 0 amide bonds. The number of nitrogens with one attached hydrogen (secondary N) is 1. The molecule has 2 aromatic rings. The Morgan fingerprint density at radius 1 is 0.950 bits per heavy atom. The van der Waals surface area contributed by atoms with Crippen LogP contribution >= 0.6 is 0 Å². The first-order chi connectivity index (χ1) is 9.45. The van der Waals surface area contributed by atoms with Gasteiger partial charge in [-0.05, 0) is 42.3 Å². The minimum atomic E-state index is -4.35. The van der Waals surface area contributed by atoms with Crippen molar-refractivity contribution >= 4 is 5.69 Å². The van der Waals surface area contributed by atoms with E-state index in [1.807, 2.05) is 0 Å². The van der Waals surface area contributed by atoms with Gasteiger partial charge in [0.1, 0.15) is 5.82 Å². The first-order valence-electron chi connectivity index (χ1n) is 6.11. The molecule has 0 saturated carbocycles. The maximum absolute atomic E-state index is 13.0. The monoisotopic (exact) mass is 283 g/mol. The predicted molar refractivity (Wildman–Crippen MR) is 70.0 cm³/mol. The zero-order chi connectivity index (χ0) is 14.6.